The molecule has 3 rings (SSSR count). The zero-order chi connectivity index (χ0) is 28.5. The van der Waals surface area contributed by atoms with E-state index in [9.17, 15) is 29.1 Å². The molecule has 2 aromatic rings. The van der Waals surface area contributed by atoms with Crippen molar-refractivity contribution in [1.29, 1.82) is 0 Å². The number of rotatable bonds is 8. The molecule has 2 atom stereocenters. The van der Waals surface area contributed by atoms with Gasteiger partial charge in [-0.15, -0.1) is 0 Å². The second-order valence-corrected chi connectivity index (χ2v) is 9.14. The predicted octanol–water partition coefficient (Wildman–Crippen LogP) is -0.241. The van der Waals surface area contributed by atoms with Crippen molar-refractivity contribution in [2.24, 2.45) is 5.73 Å². The molecule has 0 spiro atoms. The van der Waals surface area contributed by atoms with Gasteiger partial charge >= 0.3 is 5.97 Å². The van der Waals surface area contributed by atoms with E-state index in [-0.39, 0.29) is 47.7 Å². The molecule has 0 unspecified atom stereocenters. The Bertz CT molecular complexity index is 1270. The van der Waals surface area contributed by atoms with Crippen molar-refractivity contribution in [2.45, 2.75) is 50.8 Å². The van der Waals surface area contributed by atoms with Gasteiger partial charge in [0.2, 0.25) is 17.7 Å². The summed E-state index contributed by atoms with van der Waals surface area (Å²) in [5, 5.41) is 17.1. The van der Waals surface area contributed by atoms with Crippen molar-refractivity contribution in [3.05, 3.63) is 53.1 Å². The van der Waals surface area contributed by atoms with Gasteiger partial charge in [0.05, 0.1) is 12.1 Å². The molecule has 1 aliphatic heterocycles. The molecule has 4 amide bonds. The predicted molar refractivity (Wildman–Crippen MR) is 140 cm³/mol. The molecule has 39 heavy (non-hydrogen) atoms. The Morgan fingerprint density at radius 1 is 1.00 bits per heavy atom. The van der Waals surface area contributed by atoms with Crippen molar-refractivity contribution in [2.75, 3.05) is 17.6 Å². The van der Waals surface area contributed by atoms with Gasteiger partial charge in [0.25, 0.3) is 5.91 Å². The Kier molecular flexibility index (Phi) is 9.81. The number of primary amides is 1. The van der Waals surface area contributed by atoms with E-state index in [4.69, 9.17) is 16.2 Å². The van der Waals surface area contributed by atoms with Crippen molar-refractivity contribution in [3.8, 4) is 5.75 Å². The molecule has 0 radical (unpaired) electrons. The van der Waals surface area contributed by atoms with Gasteiger partial charge in [0.1, 0.15) is 24.4 Å². The monoisotopic (exact) mass is 541 g/mol. The lowest BCUT2D eigenvalue weighted by atomic mass is 10.0. The van der Waals surface area contributed by atoms with Crippen LogP contribution in [0.2, 0.25) is 0 Å². The molecular weight excluding hydrogens is 508 g/mol. The highest BCUT2D eigenvalue weighted by Gasteiger charge is 2.29. The van der Waals surface area contributed by atoms with Gasteiger partial charge < -0.3 is 43.0 Å². The largest absolute Gasteiger partial charge is 0.488 e. The van der Waals surface area contributed by atoms with Gasteiger partial charge in [-0.3, -0.25) is 24.0 Å². The van der Waals surface area contributed by atoms with E-state index in [1.807, 2.05) is 0 Å². The van der Waals surface area contributed by atoms with Crippen LogP contribution in [0.5, 0.6) is 5.75 Å². The number of amides is 4. The number of nitrogens with two attached hydrogens (primary N) is 2. The third kappa shape index (κ3) is 7.92. The molecule has 2 aromatic carbocycles. The first-order chi connectivity index (χ1) is 18.6. The fourth-order valence-electron chi connectivity index (χ4n) is 4.04. The summed E-state index contributed by atoms with van der Waals surface area (Å²) in [4.78, 5) is 62.9. The van der Waals surface area contributed by atoms with Gasteiger partial charge in [0, 0.05) is 28.9 Å². The number of carbonyl (C=O) groups is 5. The minimum Gasteiger partial charge on any atom is -0.488 e. The van der Waals surface area contributed by atoms with Crippen molar-refractivity contribution >= 4 is 41.0 Å². The fraction of sp³-hybridized carbons (Fsp3) is 0.346. The summed E-state index contributed by atoms with van der Waals surface area (Å²) in [7, 11) is 0. The van der Waals surface area contributed by atoms with E-state index in [2.05, 4.69) is 21.7 Å². The highest BCUT2D eigenvalue weighted by atomic mass is 16.5. The lowest BCUT2D eigenvalue weighted by Crippen LogP contribution is -2.53. The van der Waals surface area contributed by atoms with E-state index in [1.54, 1.807) is 6.07 Å². The standard InChI is InChI=1S/C26H32N6O7/c27-10-2-1-3-18-25(37)32-20-11-14(23(29)35)4-5-15(20)13-39-21-8-6-16(28)12-17(21)24(36)30-19(26(38)31-18)7-9-22(33)34/h4-6,8,11-12,18-19H,1-3,7,9-10,13,27-28H2,(H2,29,35)(H,30,36)(H,31,38)(H,32,37)(H,33,34)/p+1/t18-,19-/m0/s1. The molecule has 208 valence electrons. The number of hydrogen-bond donors (Lipinski definition) is 7. The number of quaternary nitrogens is 1. The number of nitrogens with one attached hydrogen (secondary N) is 3. The van der Waals surface area contributed by atoms with Gasteiger partial charge in [-0.05, 0) is 56.0 Å². The quantitative estimate of drug-likeness (QED) is 0.174. The summed E-state index contributed by atoms with van der Waals surface area (Å²) in [6.07, 6.45) is 0.905. The molecule has 0 aromatic heterocycles. The number of hydrogen-bond acceptors (Lipinski definition) is 7. The number of benzene rings is 2. The number of anilines is 2. The number of aliphatic carboxylic acids is 1. The fourth-order valence-corrected chi connectivity index (χ4v) is 4.04. The van der Waals surface area contributed by atoms with E-state index in [1.165, 1.54) is 30.3 Å². The van der Waals surface area contributed by atoms with Crippen molar-refractivity contribution in [1.82, 2.24) is 10.6 Å². The summed E-state index contributed by atoms with van der Waals surface area (Å²) in [5.41, 5.74) is 16.3. The number of ether oxygens (including phenoxy) is 1. The van der Waals surface area contributed by atoms with Crippen LogP contribution in [0.15, 0.2) is 36.4 Å². The minimum absolute atomic E-state index is 0.0338. The zero-order valence-corrected chi connectivity index (χ0v) is 21.3. The molecule has 0 bridgehead atoms. The van der Waals surface area contributed by atoms with Crippen LogP contribution in [0.1, 0.15) is 58.4 Å². The summed E-state index contributed by atoms with van der Waals surface area (Å²) >= 11 is 0. The van der Waals surface area contributed by atoms with Crippen LogP contribution in [0.25, 0.3) is 0 Å². The Balaban J connectivity index is 2.07. The van der Waals surface area contributed by atoms with E-state index in [0.29, 0.717) is 24.9 Å². The minimum atomic E-state index is -1.26. The number of fused-ring (bicyclic) bond motifs is 2. The first kappa shape index (κ1) is 28.9. The second-order valence-electron chi connectivity index (χ2n) is 9.14. The molecule has 13 heteroatoms. The van der Waals surface area contributed by atoms with Crippen LogP contribution < -0.4 is 37.9 Å². The number of carbonyl (C=O) groups excluding carboxylic acids is 4. The number of carboxylic acid groups (broad SMARTS) is 1. The van der Waals surface area contributed by atoms with Crippen LogP contribution in [0, 0.1) is 0 Å². The third-order valence-electron chi connectivity index (χ3n) is 6.18. The van der Waals surface area contributed by atoms with Crippen LogP contribution in [-0.2, 0) is 21.0 Å². The van der Waals surface area contributed by atoms with Crippen LogP contribution in [0.3, 0.4) is 0 Å². The second kappa shape index (κ2) is 13.2. The maximum absolute atomic E-state index is 13.3. The Morgan fingerprint density at radius 3 is 2.44 bits per heavy atom. The zero-order valence-electron chi connectivity index (χ0n) is 21.3. The van der Waals surface area contributed by atoms with Gasteiger partial charge in [-0.25, -0.2) is 0 Å². The van der Waals surface area contributed by atoms with E-state index in [0.717, 1.165) is 0 Å². The van der Waals surface area contributed by atoms with E-state index < -0.39 is 48.1 Å². The van der Waals surface area contributed by atoms with Gasteiger partial charge in [-0.1, -0.05) is 6.07 Å². The molecule has 0 aliphatic carbocycles. The highest BCUT2D eigenvalue weighted by Crippen LogP contribution is 2.26. The Labute approximate surface area is 224 Å². The van der Waals surface area contributed by atoms with Gasteiger partial charge in [-0.2, -0.15) is 0 Å². The first-order valence-electron chi connectivity index (χ1n) is 12.5. The Hall–Kier alpha value is -4.65. The molecule has 0 saturated heterocycles. The maximum atomic E-state index is 13.3. The van der Waals surface area contributed by atoms with Gasteiger partial charge in [0.15, 0.2) is 0 Å². The first-order valence-corrected chi connectivity index (χ1v) is 12.5. The molecular formula is C26H33N6O7+. The summed E-state index contributed by atoms with van der Waals surface area (Å²) in [5.74, 6) is -3.72. The lowest BCUT2D eigenvalue weighted by molar-refractivity contribution is -0.368. The topological polar surface area (TPSA) is 231 Å². The SMILES string of the molecule is NC(=O)c1ccc2c(c1)NC(=O)[C@H](CCCC[NH3+])NC(=O)[C@H](CCC(=O)O)NC(=O)c1cc(N)ccc1OC2. The average molecular weight is 542 g/mol. The third-order valence-corrected chi connectivity index (χ3v) is 6.18. The van der Waals surface area contributed by atoms with Crippen LogP contribution in [-0.4, -0.2) is 53.3 Å². The average Bonchev–Trinajstić information content (AvgIpc) is 2.89. The molecule has 1 aliphatic rings. The summed E-state index contributed by atoms with van der Waals surface area (Å²) in [6, 6.07) is 6.56. The lowest BCUT2D eigenvalue weighted by Gasteiger charge is -2.25. The van der Waals surface area contributed by atoms with Crippen molar-refractivity contribution in [3.63, 3.8) is 0 Å². The smallest absolute Gasteiger partial charge is 0.303 e. The summed E-state index contributed by atoms with van der Waals surface area (Å²) in [6.45, 7) is 0.532. The van der Waals surface area contributed by atoms with E-state index >= 15 is 0 Å². The Morgan fingerprint density at radius 2 is 1.74 bits per heavy atom. The molecule has 1 heterocycles. The normalized spacial score (nSPS) is 17.8. The van der Waals surface area contributed by atoms with Crippen LogP contribution in [0.4, 0.5) is 11.4 Å². The maximum Gasteiger partial charge on any atom is 0.303 e. The molecule has 0 fully saturated rings. The number of nitrogen functional groups attached to an aromatic ring is 1. The number of unbranched alkanes of at least 4 members (excludes halogenated alkanes) is 1. The highest BCUT2D eigenvalue weighted by molar-refractivity contribution is 6.03. The molecule has 11 N–H and O–H groups in total. The van der Waals surface area contributed by atoms with Crippen LogP contribution >= 0.6 is 0 Å². The number of carboxylic acids is 1. The summed E-state index contributed by atoms with van der Waals surface area (Å²) < 4.78 is 5.90. The van der Waals surface area contributed by atoms with Crippen molar-refractivity contribution < 1.29 is 39.5 Å². The molecule has 0 saturated carbocycles. The molecule has 13 nitrogen and oxygen atoms in total.